The van der Waals surface area contributed by atoms with Crippen LogP contribution in [0.2, 0.25) is 0 Å². The van der Waals surface area contributed by atoms with Crippen LogP contribution in [-0.4, -0.2) is 34.7 Å². The van der Waals surface area contributed by atoms with Crippen LogP contribution < -0.4 is 5.73 Å². The van der Waals surface area contributed by atoms with E-state index in [9.17, 15) is 0 Å². The predicted octanol–water partition coefficient (Wildman–Crippen LogP) is 1.89. The number of likely N-dealkylation sites (tertiary alicyclic amines) is 1. The molecule has 1 aliphatic heterocycles. The fourth-order valence-electron chi connectivity index (χ4n) is 2.21. The maximum absolute atomic E-state index is 6.12. The second kappa shape index (κ2) is 5.17. The minimum Gasteiger partial charge on any atom is -0.334 e. The largest absolute Gasteiger partial charge is 0.334 e. The Morgan fingerprint density at radius 3 is 3.00 bits per heavy atom. The third kappa shape index (κ3) is 2.45. The molecule has 2 N–H and O–H groups in total. The molecule has 0 aliphatic carbocycles. The summed E-state index contributed by atoms with van der Waals surface area (Å²) < 4.78 is 5.24. The molecule has 0 aromatic carbocycles. The van der Waals surface area contributed by atoms with Crippen LogP contribution in [0.25, 0.3) is 11.5 Å². The van der Waals surface area contributed by atoms with Crippen LogP contribution >= 0.6 is 11.3 Å². The van der Waals surface area contributed by atoms with Crippen molar-refractivity contribution in [2.75, 3.05) is 19.6 Å². The molecule has 1 fully saturated rings. The highest BCUT2D eigenvalue weighted by atomic mass is 32.1. The highest BCUT2D eigenvalue weighted by Gasteiger charge is 2.20. The maximum Gasteiger partial charge on any atom is 0.258 e. The van der Waals surface area contributed by atoms with E-state index in [1.54, 1.807) is 11.3 Å². The predicted molar refractivity (Wildman–Crippen MR) is 70.2 cm³/mol. The molecule has 1 aliphatic rings. The smallest absolute Gasteiger partial charge is 0.258 e. The van der Waals surface area contributed by atoms with E-state index in [2.05, 4.69) is 15.0 Å². The summed E-state index contributed by atoms with van der Waals surface area (Å²) in [7, 11) is 0. The molecule has 6 heteroatoms. The molecule has 1 saturated heterocycles. The van der Waals surface area contributed by atoms with Gasteiger partial charge in [0.1, 0.15) is 0 Å². The van der Waals surface area contributed by atoms with Crippen molar-refractivity contribution in [2.45, 2.75) is 18.9 Å². The van der Waals surface area contributed by atoms with Crippen LogP contribution in [0, 0.1) is 0 Å². The van der Waals surface area contributed by atoms with Gasteiger partial charge in [-0.1, -0.05) is 5.16 Å². The molecular formula is C12H16N4OS. The highest BCUT2D eigenvalue weighted by Crippen LogP contribution is 2.21. The van der Waals surface area contributed by atoms with E-state index in [0.717, 1.165) is 25.2 Å². The summed E-state index contributed by atoms with van der Waals surface area (Å²) >= 11 is 1.61. The zero-order valence-corrected chi connectivity index (χ0v) is 10.9. The Kier molecular flexibility index (Phi) is 3.40. The van der Waals surface area contributed by atoms with Crippen molar-refractivity contribution in [3.63, 3.8) is 0 Å². The summed E-state index contributed by atoms with van der Waals surface area (Å²) in [5.74, 6) is 1.16. The number of rotatable bonds is 4. The number of nitrogens with two attached hydrogens (primary N) is 1. The lowest BCUT2D eigenvalue weighted by Crippen LogP contribution is -2.30. The number of hydrogen-bond acceptors (Lipinski definition) is 6. The monoisotopic (exact) mass is 264 g/mol. The van der Waals surface area contributed by atoms with E-state index >= 15 is 0 Å². The van der Waals surface area contributed by atoms with Crippen LogP contribution in [0.5, 0.6) is 0 Å². The lowest BCUT2D eigenvalue weighted by Gasteiger charge is -2.17. The normalized spacial score (nSPS) is 18.3. The number of hydrogen-bond donors (Lipinski definition) is 1. The Hall–Kier alpha value is -1.24. The first-order chi connectivity index (χ1) is 8.83. The molecule has 0 saturated carbocycles. The van der Waals surface area contributed by atoms with Gasteiger partial charge >= 0.3 is 0 Å². The standard InChI is InChI=1S/C12H16N4OS/c13-10(7-16-4-1-2-5-16)11-14-12(17-15-11)9-3-6-18-8-9/h3,6,8,10H,1-2,4-5,7,13H2. The third-order valence-corrected chi connectivity index (χ3v) is 3.88. The lowest BCUT2D eigenvalue weighted by atomic mass is 10.2. The molecule has 3 heterocycles. The van der Waals surface area contributed by atoms with E-state index in [1.807, 2.05) is 16.8 Å². The van der Waals surface area contributed by atoms with Crippen molar-refractivity contribution < 1.29 is 4.52 Å². The van der Waals surface area contributed by atoms with E-state index < -0.39 is 0 Å². The first kappa shape index (κ1) is 11.8. The lowest BCUT2D eigenvalue weighted by molar-refractivity contribution is 0.306. The van der Waals surface area contributed by atoms with Gasteiger partial charge in [-0.05, 0) is 37.4 Å². The van der Waals surface area contributed by atoms with Gasteiger partial charge in [-0.15, -0.1) is 0 Å². The summed E-state index contributed by atoms with van der Waals surface area (Å²) in [4.78, 5) is 6.72. The fraction of sp³-hybridized carbons (Fsp3) is 0.500. The van der Waals surface area contributed by atoms with E-state index in [-0.39, 0.29) is 6.04 Å². The average Bonchev–Trinajstić information content (AvgIpc) is 3.11. The second-order valence-corrected chi connectivity index (χ2v) is 5.36. The Bertz CT molecular complexity index is 490. The average molecular weight is 264 g/mol. The van der Waals surface area contributed by atoms with Crippen LogP contribution in [0.15, 0.2) is 21.3 Å². The molecule has 3 rings (SSSR count). The number of nitrogens with zero attached hydrogens (tertiary/aromatic N) is 3. The SMILES string of the molecule is NC(CN1CCCC1)c1noc(-c2ccsc2)n1. The molecule has 96 valence electrons. The molecule has 0 amide bonds. The van der Waals surface area contributed by atoms with Crippen molar-refractivity contribution in [3.05, 3.63) is 22.7 Å². The first-order valence-electron chi connectivity index (χ1n) is 6.17. The van der Waals surface area contributed by atoms with Crippen molar-refractivity contribution >= 4 is 11.3 Å². The van der Waals surface area contributed by atoms with Crippen LogP contribution in [0.1, 0.15) is 24.7 Å². The quantitative estimate of drug-likeness (QED) is 0.913. The van der Waals surface area contributed by atoms with Gasteiger partial charge in [-0.3, -0.25) is 0 Å². The van der Waals surface area contributed by atoms with Crippen LogP contribution in [0.4, 0.5) is 0 Å². The van der Waals surface area contributed by atoms with E-state index in [0.29, 0.717) is 11.7 Å². The fourth-order valence-corrected chi connectivity index (χ4v) is 2.84. The Morgan fingerprint density at radius 1 is 1.44 bits per heavy atom. The van der Waals surface area contributed by atoms with Crippen molar-refractivity contribution in [1.82, 2.24) is 15.0 Å². The Balaban J connectivity index is 1.68. The van der Waals surface area contributed by atoms with Gasteiger partial charge in [0.25, 0.3) is 5.89 Å². The first-order valence-corrected chi connectivity index (χ1v) is 7.11. The van der Waals surface area contributed by atoms with Gasteiger partial charge < -0.3 is 15.2 Å². The Labute approximate surface area is 110 Å². The molecule has 0 radical (unpaired) electrons. The topological polar surface area (TPSA) is 68.2 Å². The maximum atomic E-state index is 6.12. The summed E-state index contributed by atoms with van der Waals surface area (Å²) in [6.45, 7) is 3.06. The molecule has 1 atom stereocenters. The Morgan fingerprint density at radius 2 is 2.28 bits per heavy atom. The molecule has 18 heavy (non-hydrogen) atoms. The number of thiophene rings is 1. The van der Waals surface area contributed by atoms with Gasteiger partial charge in [0.2, 0.25) is 0 Å². The van der Waals surface area contributed by atoms with Gasteiger partial charge in [-0.2, -0.15) is 16.3 Å². The molecule has 2 aromatic heterocycles. The van der Waals surface area contributed by atoms with Crippen LogP contribution in [-0.2, 0) is 0 Å². The summed E-state index contributed by atoms with van der Waals surface area (Å²) in [5.41, 5.74) is 7.08. The number of aromatic nitrogens is 2. The van der Waals surface area contributed by atoms with E-state index in [1.165, 1.54) is 12.8 Å². The van der Waals surface area contributed by atoms with Gasteiger partial charge in [-0.25, -0.2) is 0 Å². The summed E-state index contributed by atoms with van der Waals surface area (Å²) in [6.07, 6.45) is 2.53. The minimum absolute atomic E-state index is 0.167. The van der Waals surface area contributed by atoms with Gasteiger partial charge in [0.15, 0.2) is 5.82 Å². The summed E-state index contributed by atoms with van der Waals surface area (Å²) in [5, 5.41) is 7.96. The van der Waals surface area contributed by atoms with E-state index in [4.69, 9.17) is 10.3 Å². The molecule has 5 nitrogen and oxygen atoms in total. The molecule has 2 aromatic rings. The van der Waals surface area contributed by atoms with Crippen molar-refractivity contribution in [1.29, 1.82) is 0 Å². The summed E-state index contributed by atoms with van der Waals surface area (Å²) in [6, 6.07) is 1.80. The van der Waals surface area contributed by atoms with Crippen LogP contribution in [0.3, 0.4) is 0 Å². The zero-order chi connectivity index (χ0) is 12.4. The van der Waals surface area contributed by atoms with Gasteiger partial charge in [0.05, 0.1) is 11.6 Å². The third-order valence-electron chi connectivity index (χ3n) is 3.20. The molecule has 1 unspecified atom stereocenters. The second-order valence-electron chi connectivity index (χ2n) is 4.58. The zero-order valence-electron chi connectivity index (χ0n) is 10.1. The minimum atomic E-state index is -0.167. The molecular weight excluding hydrogens is 248 g/mol. The highest BCUT2D eigenvalue weighted by molar-refractivity contribution is 7.08. The molecule has 0 bridgehead atoms. The van der Waals surface area contributed by atoms with Crippen molar-refractivity contribution in [2.24, 2.45) is 5.73 Å². The van der Waals surface area contributed by atoms with Gasteiger partial charge in [0, 0.05) is 11.9 Å². The molecule has 0 spiro atoms. The van der Waals surface area contributed by atoms with Crippen molar-refractivity contribution in [3.8, 4) is 11.5 Å².